The monoisotopic (exact) mass is 347 g/mol. The van der Waals surface area contributed by atoms with Gasteiger partial charge in [-0.25, -0.2) is 4.39 Å². The van der Waals surface area contributed by atoms with Gasteiger partial charge >= 0.3 is 0 Å². The predicted molar refractivity (Wildman–Crippen MR) is 97.7 cm³/mol. The molecule has 0 unspecified atom stereocenters. The van der Waals surface area contributed by atoms with Crippen molar-refractivity contribution in [3.63, 3.8) is 0 Å². The van der Waals surface area contributed by atoms with E-state index in [1.807, 2.05) is 26.2 Å². The number of piperidine rings is 1. The summed E-state index contributed by atoms with van der Waals surface area (Å²) in [6.07, 6.45) is 3.91. The first-order valence-electron chi connectivity index (χ1n) is 9.42. The Hall–Kier alpha value is -1.46. The van der Waals surface area contributed by atoms with Crippen LogP contribution in [0.3, 0.4) is 0 Å². The Bertz CT molecular complexity index is 575. The summed E-state index contributed by atoms with van der Waals surface area (Å²) in [7, 11) is 4.09. The van der Waals surface area contributed by atoms with E-state index in [9.17, 15) is 9.18 Å². The lowest BCUT2D eigenvalue weighted by Crippen LogP contribution is -2.47. The number of benzene rings is 1. The van der Waals surface area contributed by atoms with E-state index in [1.54, 1.807) is 0 Å². The second-order valence-electron chi connectivity index (χ2n) is 7.87. The molecule has 0 aromatic heterocycles. The third kappa shape index (κ3) is 5.02. The number of halogens is 1. The normalized spacial score (nSPS) is 23.9. The molecule has 0 N–H and O–H groups in total. The van der Waals surface area contributed by atoms with E-state index in [0.29, 0.717) is 24.3 Å². The van der Waals surface area contributed by atoms with Crippen molar-refractivity contribution in [2.24, 2.45) is 5.92 Å². The van der Waals surface area contributed by atoms with Gasteiger partial charge in [0, 0.05) is 38.6 Å². The zero-order chi connectivity index (χ0) is 17.8. The van der Waals surface area contributed by atoms with E-state index >= 15 is 0 Å². The molecule has 0 saturated carbocycles. The molecule has 4 rings (SSSR count). The van der Waals surface area contributed by atoms with E-state index < -0.39 is 0 Å². The van der Waals surface area contributed by atoms with Crippen molar-refractivity contribution >= 4 is 5.91 Å². The summed E-state index contributed by atoms with van der Waals surface area (Å²) in [6.45, 7) is 4.69. The van der Waals surface area contributed by atoms with Crippen LogP contribution in [-0.2, 0) is 11.3 Å². The van der Waals surface area contributed by atoms with Gasteiger partial charge in [-0.3, -0.25) is 9.69 Å². The molecule has 2 bridgehead atoms. The first-order chi connectivity index (χ1) is 12.0. The summed E-state index contributed by atoms with van der Waals surface area (Å²) in [6, 6.07) is 7.13. The molecule has 4 nitrogen and oxygen atoms in total. The van der Waals surface area contributed by atoms with Crippen LogP contribution in [-0.4, -0.2) is 66.9 Å². The Kier molecular flexibility index (Phi) is 6.07. The summed E-state index contributed by atoms with van der Waals surface area (Å²) in [4.78, 5) is 19.4. The molecular formula is C20H30FN3O. The smallest absolute Gasteiger partial charge is 0.222 e. The number of carbonyl (C=O) groups is 1. The summed E-state index contributed by atoms with van der Waals surface area (Å²) in [5.74, 6) is 0.700. The van der Waals surface area contributed by atoms with Gasteiger partial charge in [0.1, 0.15) is 5.82 Å². The fraction of sp³-hybridized carbons (Fsp3) is 0.650. The second-order valence-corrected chi connectivity index (χ2v) is 7.87. The molecule has 3 aliphatic rings. The van der Waals surface area contributed by atoms with Crippen LogP contribution in [0.25, 0.3) is 0 Å². The predicted octanol–water partition coefficient (Wildman–Crippen LogP) is 2.59. The molecule has 3 heterocycles. The number of rotatable bonds is 6. The molecular weight excluding hydrogens is 317 g/mol. The SMILES string of the molecule is CN(C)CCCC(=O)N1C[C@@H]2CC[C@H]1CN(Cc1ccc(F)cc1)C2. The number of nitrogens with zero attached hydrogens (tertiary/aromatic N) is 3. The minimum absolute atomic E-state index is 0.186. The molecule has 3 fully saturated rings. The first kappa shape index (κ1) is 18.3. The summed E-state index contributed by atoms with van der Waals surface area (Å²) >= 11 is 0. The van der Waals surface area contributed by atoms with Crippen LogP contribution in [0.5, 0.6) is 0 Å². The van der Waals surface area contributed by atoms with Crippen molar-refractivity contribution < 1.29 is 9.18 Å². The Morgan fingerprint density at radius 1 is 1.16 bits per heavy atom. The maximum Gasteiger partial charge on any atom is 0.222 e. The molecule has 1 aromatic carbocycles. The quantitative estimate of drug-likeness (QED) is 0.791. The molecule has 1 aromatic rings. The molecule has 1 amide bonds. The number of hydrogen-bond donors (Lipinski definition) is 0. The average molecular weight is 347 g/mol. The van der Waals surface area contributed by atoms with Gasteiger partial charge in [-0.15, -0.1) is 0 Å². The second kappa shape index (κ2) is 8.28. The topological polar surface area (TPSA) is 26.8 Å². The van der Waals surface area contributed by atoms with Gasteiger partial charge in [0.05, 0.1) is 0 Å². The number of amides is 1. The van der Waals surface area contributed by atoms with E-state index in [0.717, 1.165) is 51.1 Å². The minimum Gasteiger partial charge on any atom is -0.338 e. The average Bonchev–Trinajstić information content (AvgIpc) is 2.87. The van der Waals surface area contributed by atoms with Gasteiger partial charge in [-0.2, -0.15) is 0 Å². The lowest BCUT2D eigenvalue weighted by Gasteiger charge is -2.36. The summed E-state index contributed by atoms with van der Waals surface area (Å²) in [5, 5.41) is 0. The van der Waals surface area contributed by atoms with E-state index in [-0.39, 0.29) is 5.82 Å². The molecule has 138 valence electrons. The van der Waals surface area contributed by atoms with Gasteiger partial charge in [0.15, 0.2) is 0 Å². The molecule has 25 heavy (non-hydrogen) atoms. The molecule has 3 aliphatic heterocycles. The highest BCUT2D eigenvalue weighted by molar-refractivity contribution is 5.76. The summed E-state index contributed by atoms with van der Waals surface area (Å²) < 4.78 is 13.1. The van der Waals surface area contributed by atoms with Gasteiger partial charge in [-0.05, 0) is 63.5 Å². The van der Waals surface area contributed by atoms with Crippen molar-refractivity contribution in [1.29, 1.82) is 0 Å². The van der Waals surface area contributed by atoms with Crippen LogP contribution in [0, 0.1) is 11.7 Å². The van der Waals surface area contributed by atoms with Gasteiger partial charge < -0.3 is 9.80 Å². The van der Waals surface area contributed by atoms with Crippen LogP contribution >= 0.6 is 0 Å². The molecule has 3 saturated heterocycles. The zero-order valence-electron chi connectivity index (χ0n) is 15.5. The van der Waals surface area contributed by atoms with E-state index in [4.69, 9.17) is 0 Å². The summed E-state index contributed by atoms with van der Waals surface area (Å²) in [5.41, 5.74) is 1.14. The molecule has 0 radical (unpaired) electrons. The Morgan fingerprint density at radius 2 is 1.92 bits per heavy atom. The maximum absolute atomic E-state index is 13.1. The zero-order valence-corrected chi connectivity index (χ0v) is 15.5. The van der Waals surface area contributed by atoms with Crippen molar-refractivity contribution in [2.75, 3.05) is 40.3 Å². The van der Waals surface area contributed by atoms with Crippen molar-refractivity contribution in [2.45, 2.75) is 38.3 Å². The Labute approximate surface area is 150 Å². The van der Waals surface area contributed by atoms with Gasteiger partial charge in [0.2, 0.25) is 5.91 Å². The lowest BCUT2D eigenvalue weighted by molar-refractivity contribution is -0.135. The first-order valence-corrected chi connectivity index (χ1v) is 9.42. The van der Waals surface area contributed by atoms with Crippen LogP contribution in [0.1, 0.15) is 31.2 Å². The molecule has 0 spiro atoms. The van der Waals surface area contributed by atoms with Crippen LogP contribution in [0.4, 0.5) is 4.39 Å². The Morgan fingerprint density at radius 3 is 2.64 bits per heavy atom. The minimum atomic E-state index is -0.186. The number of fused-ring (bicyclic) bond motifs is 4. The molecule has 0 aliphatic carbocycles. The number of hydrogen-bond acceptors (Lipinski definition) is 3. The maximum atomic E-state index is 13.1. The molecule has 2 atom stereocenters. The third-order valence-electron chi connectivity index (χ3n) is 5.42. The third-order valence-corrected chi connectivity index (χ3v) is 5.42. The van der Waals surface area contributed by atoms with E-state index in [2.05, 4.69) is 14.7 Å². The van der Waals surface area contributed by atoms with Crippen LogP contribution in [0.2, 0.25) is 0 Å². The van der Waals surface area contributed by atoms with Crippen molar-refractivity contribution in [3.8, 4) is 0 Å². The van der Waals surface area contributed by atoms with Crippen LogP contribution < -0.4 is 0 Å². The number of carbonyl (C=O) groups excluding carboxylic acids is 1. The van der Waals surface area contributed by atoms with E-state index in [1.165, 1.54) is 18.6 Å². The van der Waals surface area contributed by atoms with Gasteiger partial charge in [0.25, 0.3) is 0 Å². The van der Waals surface area contributed by atoms with Crippen LogP contribution in [0.15, 0.2) is 24.3 Å². The highest BCUT2D eigenvalue weighted by Gasteiger charge is 2.36. The highest BCUT2D eigenvalue weighted by Crippen LogP contribution is 2.29. The van der Waals surface area contributed by atoms with Crippen molar-refractivity contribution in [3.05, 3.63) is 35.6 Å². The van der Waals surface area contributed by atoms with Gasteiger partial charge in [-0.1, -0.05) is 12.1 Å². The lowest BCUT2D eigenvalue weighted by atomic mass is 9.94. The molecule has 5 heteroatoms. The van der Waals surface area contributed by atoms with Crippen molar-refractivity contribution in [1.82, 2.24) is 14.7 Å². The fourth-order valence-electron chi connectivity index (χ4n) is 4.15. The fourth-order valence-corrected chi connectivity index (χ4v) is 4.15. The standard InChI is InChI=1S/C20H30FN3O/c1-22(2)11-3-4-20(25)24-14-17-7-10-19(24)15-23(13-17)12-16-5-8-18(21)9-6-16/h5-6,8-9,17,19H,3-4,7,10-15H2,1-2H3/t17-,19+/m1/s1. The Balaban J connectivity index is 1.58. The highest BCUT2D eigenvalue weighted by atomic mass is 19.1. The largest absolute Gasteiger partial charge is 0.338 e.